The van der Waals surface area contributed by atoms with Crippen LogP contribution in [-0.4, -0.2) is 35.1 Å². The van der Waals surface area contributed by atoms with Crippen LogP contribution in [0.15, 0.2) is 24.3 Å². The Bertz CT molecular complexity index is 498. The number of carbonyl (C=O) groups excluding carboxylic acids is 2. The maximum Gasteiger partial charge on any atom is 0.325 e. The van der Waals surface area contributed by atoms with Crippen LogP contribution in [-0.2, 0) is 10.3 Å². The van der Waals surface area contributed by atoms with Crippen LogP contribution < -0.4 is 5.32 Å². The zero-order valence-electron chi connectivity index (χ0n) is 11.1. The van der Waals surface area contributed by atoms with E-state index < -0.39 is 11.6 Å². The molecule has 5 heteroatoms. The number of benzene rings is 1. The second-order valence-electron chi connectivity index (χ2n) is 4.96. The lowest BCUT2D eigenvalue weighted by molar-refractivity contribution is -0.131. The van der Waals surface area contributed by atoms with Gasteiger partial charge in [0.2, 0.25) is 0 Å². The van der Waals surface area contributed by atoms with Crippen molar-refractivity contribution in [3.8, 4) is 0 Å². The molecule has 0 spiro atoms. The number of urea groups is 1. The maximum absolute atomic E-state index is 12.4. The molecule has 0 radical (unpaired) electrons. The van der Waals surface area contributed by atoms with Crippen molar-refractivity contribution in [2.75, 3.05) is 13.2 Å². The lowest BCUT2D eigenvalue weighted by Crippen LogP contribution is -2.41. The number of amides is 3. The quantitative estimate of drug-likeness (QED) is 0.800. The van der Waals surface area contributed by atoms with Crippen molar-refractivity contribution >= 4 is 11.9 Å². The predicted molar refractivity (Wildman–Crippen MR) is 70.5 cm³/mol. The van der Waals surface area contributed by atoms with Gasteiger partial charge < -0.3 is 10.4 Å². The molecule has 1 aliphatic heterocycles. The van der Waals surface area contributed by atoms with Crippen LogP contribution in [0.3, 0.4) is 0 Å². The first-order chi connectivity index (χ1) is 8.99. The summed E-state index contributed by atoms with van der Waals surface area (Å²) in [7, 11) is 0. The van der Waals surface area contributed by atoms with Gasteiger partial charge in [-0.3, -0.25) is 9.69 Å². The number of imide groups is 1. The Morgan fingerprint density at radius 3 is 2.47 bits per heavy atom. The topological polar surface area (TPSA) is 69.6 Å². The van der Waals surface area contributed by atoms with Gasteiger partial charge in [0.05, 0.1) is 0 Å². The molecule has 1 aliphatic rings. The lowest BCUT2D eigenvalue weighted by atomic mass is 9.91. The summed E-state index contributed by atoms with van der Waals surface area (Å²) < 4.78 is 0. The molecule has 2 N–H and O–H groups in total. The second kappa shape index (κ2) is 5.01. The van der Waals surface area contributed by atoms with Gasteiger partial charge in [0, 0.05) is 13.2 Å². The maximum atomic E-state index is 12.4. The smallest absolute Gasteiger partial charge is 0.325 e. The minimum absolute atomic E-state index is 0.0433. The molecule has 0 aliphatic carbocycles. The molecule has 1 aromatic carbocycles. The zero-order chi connectivity index (χ0) is 14.0. The van der Waals surface area contributed by atoms with Gasteiger partial charge in [-0.1, -0.05) is 29.8 Å². The molecule has 1 fully saturated rings. The van der Waals surface area contributed by atoms with Crippen LogP contribution in [0.5, 0.6) is 0 Å². The normalized spacial score (nSPS) is 22.8. The first-order valence-corrected chi connectivity index (χ1v) is 6.31. The van der Waals surface area contributed by atoms with Crippen molar-refractivity contribution in [1.29, 1.82) is 0 Å². The molecule has 1 saturated heterocycles. The van der Waals surface area contributed by atoms with E-state index in [1.165, 1.54) is 0 Å². The molecular weight excluding hydrogens is 244 g/mol. The number of aliphatic hydroxyl groups is 1. The molecule has 3 amide bonds. The largest absolute Gasteiger partial charge is 0.396 e. The monoisotopic (exact) mass is 262 g/mol. The van der Waals surface area contributed by atoms with E-state index in [0.717, 1.165) is 16.0 Å². The van der Waals surface area contributed by atoms with Crippen LogP contribution in [0.2, 0.25) is 0 Å². The third-order valence-electron chi connectivity index (χ3n) is 3.44. The molecule has 0 bridgehead atoms. The molecule has 19 heavy (non-hydrogen) atoms. The van der Waals surface area contributed by atoms with E-state index in [-0.39, 0.29) is 19.1 Å². The van der Waals surface area contributed by atoms with Gasteiger partial charge in [0.25, 0.3) is 5.91 Å². The first kappa shape index (κ1) is 13.5. The fourth-order valence-corrected chi connectivity index (χ4v) is 2.21. The Kier molecular flexibility index (Phi) is 3.57. The fraction of sp³-hybridized carbons (Fsp3) is 0.429. The predicted octanol–water partition coefficient (Wildman–Crippen LogP) is 1.14. The molecular formula is C14H18N2O3. The Morgan fingerprint density at radius 2 is 1.89 bits per heavy atom. The minimum atomic E-state index is -1.01. The number of hydrogen-bond acceptors (Lipinski definition) is 3. The van der Waals surface area contributed by atoms with Gasteiger partial charge in [0.1, 0.15) is 5.54 Å². The van der Waals surface area contributed by atoms with Crippen molar-refractivity contribution in [1.82, 2.24) is 10.2 Å². The Labute approximate surface area is 112 Å². The van der Waals surface area contributed by atoms with E-state index in [1.807, 2.05) is 31.2 Å². The average molecular weight is 262 g/mol. The Morgan fingerprint density at radius 1 is 1.26 bits per heavy atom. The highest BCUT2D eigenvalue weighted by Gasteiger charge is 2.48. The number of hydrogen-bond donors (Lipinski definition) is 2. The van der Waals surface area contributed by atoms with E-state index in [1.54, 1.807) is 6.92 Å². The lowest BCUT2D eigenvalue weighted by Gasteiger charge is -2.22. The molecule has 102 valence electrons. The number of nitrogens with one attached hydrogen (secondary N) is 1. The van der Waals surface area contributed by atoms with Crippen molar-refractivity contribution in [3.05, 3.63) is 35.4 Å². The van der Waals surface area contributed by atoms with Gasteiger partial charge in [-0.15, -0.1) is 0 Å². The molecule has 0 saturated carbocycles. The highest BCUT2D eigenvalue weighted by atomic mass is 16.3. The van der Waals surface area contributed by atoms with Crippen LogP contribution in [0.25, 0.3) is 0 Å². The van der Waals surface area contributed by atoms with Gasteiger partial charge >= 0.3 is 6.03 Å². The number of aliphatic hydroxyl groups excluding tert-OH is 1. The summed E-state index contributed by atoms with van der Waals surface area (Å²) in [6, 6.07) is 7.13. The van der Waals surface area contributed by atoms with E-state index in [0.29, 0.717) is 6.42 Å². The van der Waals surface area contributed by atoms with Gasteiger partial charge in [-0.25, -0.2) is 4.79 Å². The van der Waals surface area contributed by atoms with Crippen LogP contribution in [0.1, 0.15) is 24.5 Å². The zero-order valence-corrected chi connectivity index (χ0v) is 11.1. The standard InChI is InChI=1S/C14H18N2O3/c1-10-4-6-11(7-5-10)14(2)12(18)16(8-3-9-17)13(19)15-14/h4-7,17H,3,8-9H2,1-2H3,(H,15,19). The third-order valence-corrected chi connectivity index (χ3v) is 3.44. The summed E-state index contributed by atoms with van der Waals surface area (Å²) in [5.41, 5.74) is 0.851. The molecule has 1 heterocycles. The summed E-state index contributed by atoms with van der Waals surface area (Å²) in [6.07, 6.45) is 0.392. The Hall–Kier alpha value is -1.88. The van der Waals surface area contributed by atoms with E-state index in [9.17, 15) is 9.59 Å². The number of aryl methyl sites for hydroxylation is 1. The summed E-state index contributed by atoms with van der Waals surface area (Å²) in [4.78, 5) is 25.4. The molecule has 1 atom stereocenters. The third kappa shape index (κ3) is 2.33. The van der Waals surface area contributed by atoms with Crippen molar-refractivity contribution in [3.63, 3.8) is 0 Å². The van der Waals surface area contributed by atoms with Crippen molar-refractivity contribution < 1.29 is 14.7 Å². The highest BCUT2D eigenvalue weighted by Crippen LogP contribution is 2.28. The van der Waals surface area contributed by atoms with E-state index >= 15 is 0 Å². The van der Waals surface area contributed by atoms with Gasteiger partial charge in [-0.2, -0.15) is 0 Å². The van der Waals surface area contributed by atoms with Gasteiger partial charge in [0.15, 0.2) is 0 Å². The highest BCUT2D eigenvalue weighted by molar-refractivity contribution is 6.07. The SMILES string of the molecule is Cc1ccc(C2(C)NC(=O)N(CCCO)C2=O)cc1. The molecule has 0 aromatic heterocycles. The average Bonchev–Trinajstić information content (AvgIpc) is 2.60. The summed E-state index contributed by atoms with van der Waals surface area (Å²) in [5.74, 6) is -0.269. The number of nitrogens with zero attached hydrogens (tertiary/aromatic N) is 1. The van der Waals surface area contributed by atoms with Crippen molar-refractivity contribution in [2.45, 2.75) is 25.8 Å². The van der Waals surface area contributed by atoms with Crippen LogP contribution in [0.4, 0.5) is 4.79 Å². The fourth-order valence-electron chi connectivity index (χ4n) is 2.21. The summed E-state index contributed by atoms with van der Waals surface area (Å²) >= 11 is 0. The molecule has 1 aromatic rings. The van der Waals surface area contributed by atoms with Crippen LogP contribution in [0, 0.1) is 6.92 Å². The first-order valence-electron chi connectivity index (χ1n) is 6.31. The van der Waals surface area contributed by atoms with Crippen molar-refractivity contribution in [2.24, 2.45) is 0 Å². The number of rotatable bonds is 4. The molecule has 2 rings (SSSR count). The second-order valence-corrected chi connectivity index (χ2v) is 4.96. The van der Waals surface area contributed by atoms with Crippen LogP contribution >= 0.6 is 0 Å². The van der Waals surface area contributed by atoms with E-state index in [4.69, 9.17) is 5.11 Å². The van der Waals surface area contributed by atoms with E-state index in [2.05, 4.69) is 5.32 Å². The summed E-state index contributed by atoms with van der Waals surface area (Å²) in [5, 5.41) is 11.5. The number of carbonyl (C=O) groups is 2. The molecule has 1 unspecified atom stereocenters. The molecule has 5 nitrogen and oxygen atoms in total. The Balaban J connectivity index is 2.27. The van der Waals surface area contributed by atoms with Gasteiger partial charge in [-0.05, 0) is 25.8 Å². The minimum Gasteiger partial charge on any atom is -0.396 e. The summed E-state index contributed by atoms with van der Waals surface area (Å²) in [6.45, 7) is 3.87.